The molecule has 0 spiro atoms. The molecule has 0 saturated carbocycles. The SMILES string of the molecule is Cc1ccc2cc(C(C)C)c(O)cc2c1OCCCCN1CCCCC1. The lowest BCUT2D eigenvalue weighted by atomic mass is 9.96. The number of phenolic OH excluding ortho intramolecular Hbond substituents is 1. The van der Waals surface area contributed by atoms with E-state index in [9.17, 15) is 5.11 Å². The quantitative estimate of drug-likeness (QED) is 0.654. The monoisotopic (exact) mass is 355 g/mol. The highest BCUT2D eigenvalue weighted by Crippen LogP contribution is 2.36. The van der Waals surface area contributed by atoms with Crippen LogP contribution in [0.15, 0.2) is 24.3 Å². The molecule has 1 saturated heterocycles. The van der Waals surface area contributed by atoms with E-state index < -0.39 is 0 Å². The second kappa shape index (κ2) is 8.77. The second-order valence-corrected chi connectivity index (χ2v) is 7.96. The van der Waals surface area contributed by atoms with E-state index in [-0.39, 0.29) is 0 Å². The van der Waals surface area contributed by atoms with Gasteiger partial charge in [-0.3, -0.25) is 0 Å². The molecule has 1 heterocycles. The number of fused-ring (bicyclic) bond motifs is 1. The van der Waals surface area contributed by atoms with Crippen LogP contribution in [-0.4, -0.2) is 36.2 Å². The third-order valence-corrected chi connectivity index (χ3v) is 5.50. The number of likely N-dealkylation sites (tertiary alicyclic amines) is 1. The highest BCUT2D eigenvalue weighted by Gasteiger charge is 2.13. The molecule has 142 valence electrons. The lowest BCUT2D eigenvalue weighted by Crippen LogP contribution is -2.30. The number of ether oxygens (including phenoxy) is 1. The first-order chi connectivity index (χ1) is 12.6. The van der Waals surface area contributed by atoms with Crippen molar-refractivity contribution in [3.63, 3.8) is 0 Å². The molecule has 1 aliphatic heterocycles. The van der Waals surface area contributed by atoms with Gasteiger partial charge in [0.2, 0.25) is 0 Å². The predicted octanol–water partition coefficient (Wildman–Crippen LogP) is 5.62. The standard InChI is InChI=1S/C23H33NO2/c1-17(2)20-15-19-10-9-18(3)23(21(19)16-22(20)25)26-14-8-7-13-24-11-5-4-6-12-24/h9-10,15-17,25H,4-8,11-14H2,1-3H3. The smallest absolute Gasteiger partial charge is 0.130 e. The van der Waals surface area contributed by atoms with Crippen LogP contribution in [0.2, 0.25) is 0 Å². The van der Waals surface area contributed by atoms with Gasteiger partial charge in [0.15, 0.2) is 0 Å². The van der Waals surface area contributed by atoms with Crippen molar-refractivity contribution in [3.05, 3.63) is 35.4 Å². The molecule has 3 heteroatoms. The molecular weight excluding hydrogens is 322 g/mol. The summed E-state index contributed by atoms with van der Waals surface area (Å²) in [7, 11) is 0. The molecule has 26 heavy (non-hydrogen) atoms. The summed E-state index contributed by atoms with van der Waals surface area (Å²) in [5.41, 5.74) is 2.12. The maximum absolute atomic E-state index is 10.4. The summed E-state index contributed by atoms with van der Waals surface area (Å²) in [5, 5.41) is 12.5. The Morgan fingerprint density at radius 2 is 1.85 bits per heavy atom. The molecule has 0 atom stereocenters. The number of benzene rings is 2. The van der Waals surface area contributed by atoms with Crippen molar-refractivity contribution in [1.29, 1.82) is 0 Å². The van der Waals surface area contributed by atoms with E-state index in [4.69, 9.17) is 4.74 Å². The molecule has 0 radical (unpaired) electrons. The average molecular weight is 356 g/mol. The van der Waals surface area contributed by atoms with E-state index in [0.717, 1.165) is 40.7 Å². The van der Waals surface area contributed by atoms with Gasteiger partial charge in [0.1, 0.15) is 11.5 Å². The number of hydrogen-bond acceptors (Lipinski definition) is 3. The Labute approximate surface area is 158 Å². The minimum atomic E-state index is 0.305. The highest BCUT2D eigenvalue weighted by atomic mass is 16.5. The van der Waals surface area contributed by atoms with Crippen LogP contribution >= 0.6 is 0 Å². The largest absolute Gasteiger partial charge is 0.508 e. The summed E-state index contributed by atoms with van der Waals surface area (Å²) in [6.07, 6.45) is 6.36. The van der Waals surface area contributed by atoms with E-state index in [0.29, 0.717) is 11.7 Å². The molecule has 2 aromatic carbocycles. The molecule has 0 aliphatic carbocycles. The molecule has 0 bridgehead atoms. The van der Waals surface area contributed by atoms with Crippen LogP contribution in [0.1, 0.15) is 63.0 Å². The van der Waals surface area contributed by atoms with Gasteiger partial charge >= 0.3 is 0 Å². The Kier molecular flexibility index (Phi) is 6.42. The van der Waals surface area contributed by atoms with Gasteiger partial charge in [0.05, 0.1) is 6.61 Å². The molecule has 0 amide bonds. The van der Waals surface area contributed by atoms with Crippen LogP contribution in [0.3, 0.4) is 0 Å². The van der Waals surface area contributed by atoms with Crippen molar-refractivity contribution in [2.24, 2.45) is 0 Å². The van der Waals surface area contributed by atoms with Crippen molar-refractivity contribution < 1.29 is 9.84 Å². The molecule has 0 aromatic heterocycles. The minimum Gasteiger partial charge on any atom is -0.508 e. The Hall–Kier alpha value is -1.74. The Balaban J connectivity index is 1.63. The Bertz CT molecular complexity index is 733. The van der Waals surface area contributed by atoms with Crippen molar-refractivity contribution in [2.75, 3.05) is 26.2 Å². The van der Waals surface area contributed by atoms with Gasteiger partial charge in [-0.05, 0) is 86.8 Å². The van der Waals surface area contributed by atoms with Crippen molar-refractivity contribution in [2.45, 2.75) is 58.8 Å². The summed E-state index contributed by atoms with van der Waals surface area (Å²) in [6, 6.07) is 8.21. The lowest BCUT2D eigenvalue weighted by Gasteiger charge is -2.26. The van der Waals surface area contributed by atoms with Crippen LogP contribution in [0.4, 0.5) is 0 Å². The van der Waals surface area contributed by atoms with Gasteiger partial charge in [-0.15, -0.1) is 0 Å². The first-order valence-corrected chi connectivity index (χ1v) is 10.2. The van der Waals surface area contributed by atoms with Crippen LogP contribution in [0.25, 0.3) is 10.8 Å². The molecule has 3 rings (SSSR count). The zero-order chi connectivity index (χ0) is 18.5. The first kappa shape index (κ1) is 19.0. The number of piperidine rings is 1. The van der Waals surface area contributed by atoms with Gasteiger partial charge in [0, 0.05) is 5.39 Å². The maximum atomic E-state index is 10.4. The third kappa shape index (κ3) is 4.50. The van der Waals surface area contributed by atoms with Gasteiger partial charge < -0.3 is 14.7 Å². The Morgan fingerprint density at radius 1 is 1.08 bits per heavy atom. The van der Waals surface area contributed by atoms with Gasteiger partial charge in [0.25, 0.3) is 0 Å². The normalized spacial score (nSPS) is 15.7. The molecule has 1 fully saturated rings. The zero-order valence-electron chi connectivity index (χ0n) is 16.6. The molecule has 3 nitrogen and oxygen atoms in total. The number of hydrogen-bond donors (Lipinski definition) is 1. The fourth-order valence-corrected chi connectivity index (χ4v) is 3.91. The van der Waals surface area contributed by atoms with Crippen molar-refractivity contribution >= 4 is 10.8 Å². The van der Waals surface area contributed by atoms with E-state index in [1.54, 1.807) is 0 Å². The number of rotatable bonds is 7. The topological polar surface area (TPSA) is 32.7 Å². The zero-order valence-corrected chi connectivity index (χ0v) is 16.6. The van der Waals surface area contributed by atoms with Gasteiger partial charge in [-0.2, -0.15) is 0 Å². The van der Waals surface area contributed by atoms with E-state index in [2.05, 4.69) is 43.9 Å². The van der Waals surface area contributed by atoms with Crippen molar-refractivity contribution in [3.8, 4) is 11.5 Å². The van der Waals surface area contributed by atoms with Crippen LogP contribution in [-0.2, 0) is 0 Å². The summed E-state index contributed by atoms with van der Waals surface area (Å²) >= 11 is 0. The molecule has 0 unspecified atom stereocenters. The van der Waals surface area contributed by atoms with Crippen LogP contribution < -0.4 is 4.74 Å². The second-order valence-electron chi connectivity index (χ2n) is 7.96. The molecule has 1 N–H and O–H groups in total. The number of nitrogens with zero attached hydrogens (tertiary/aromatic N) is 1. The summed E-state index contributed by atoms with van der Waals surface area (Å²) < 4.78 is 6.17. The van der Waals surface area contributed by atoms with Gasteiger partial charge in [-0.25, -0.2) is 0 Å². The van der Waals surface area contributed by atoms with Crippen molar-refractivity contribution in [1.82, 2.24) is 4.90 Å². The van der Waals surface area contributed by atoms with Crippen LogP contribution in [0, 0.1) is 6.92 Å². The fourth-order valence-electron chi connectivity index (χ4n) is 3.91. The number of unbranched alkanes of at least 4 members (excludes halogenated alkanes) is 1. The molecular formula is C23H33NO2. The van der Waals surface area contributed by atoms with E-state index >= 15 is 0 Å². The number of phenols is 1. The van der Waals surface area contributed by atoms with Gasteiger partial charge in [-0.1, -0.05) is 32.4 Å². The Morgan fingerprint density at radius 3 is 2.58 bits per heavy atom. The molecule has 2 aromatic rings. The summed E-state index contributed by atoms with van der Waals surface area (Å²) in [6.45, 7) is 10.7. The minimum absolute atomic E-state index is 0.305. The van der Waals surface area contributed by atoms with E-state index in [1.807, 2.05) is 6.07 Å². The fraction of sp³-hybridized carbons (Fsp3) is 0.565. The molecule has 1 aliphatic rings. The van der Waals surface area contributed by atoms with Crippen LogP contribution in [0.5, 0.6) is 11.5 Å². The average Bonchev–Trinajstić information content (AvgIpc) is 2.63. The summed E-state index contributed by atoms with van der Waals surface area (Å²) in [4.78, 5) is 2.58. The maximum Gasteiger partial charge on any atom is 0.130 e. The predicted molar refractivity (Wildman–Crippen MR) is 109 cm³/mol. The third-order valence-electron chi connectivity index (χ3n) is 5.50. The summed E-state index contributed by atoms with van der Waals surface area (Å²) in [5.74, 6) is 1.60. The first-order valence-electron chi connectivity index (χ1n) is 10.2. The highest BCUT2D eigenvalue weighted by molar-refractivity contribution is 5.91. The lowest BCUT2D eigenvalue weighted by molar-refractivity contribution is 0.216. The number of aryl methyl sites for hydroxylation is 1. The van der Waals surface area contributed by atoms with E-state index in [1.165, 1.54) is 45.3 Å². The number of aromatic hydroxyl groups is 1.